The van der Waals surface area contributed by atoms with Gasteiger partial charge in [0.2, 0.25) is 0 Å². The molecule has 1 fully saturated rings. The minimum Gasteiger partial charge on any atom is -0.496 e. The molecule has 0 saturated carbocycles. The molecule has 0 aromatic heterocycles. The summed E-state index contributed by atoms with van der Waals surface area (Å²) in [6, 6.07) is 18.3. The average Bonchev–Trinajstić information content (AvgIpc) is 2.66. The quantitative estimate of drug-likeness (QED) is 0.826. The SMILES string of the molecule is COc1cccc2c1CC[C@@H]1[C@@H]2CCCN1CCc1ccccc1. The van der Waals surface area contributed by atoms with Gasteiger partial charge >= 0.3 is 0 Å². The summed E-state index contributed by atoms with van der Waals surface area (Å²) in [5.41, 5.74) is 4.47. The molecular weight excluding hydrogens is 294 g/mol. The van der Waals surface area contributed by atoms with Gasteiger partial charge in [-0.25, -0.2) is 0 Å². The Hall–Kier alpha value is -1.80. The van der Waals surface area contributed by atoms with Crippen molar-refractivity contribution >= 4 is 0 Å². The molecule has 2 aliphatic rings. The van der Waals surface area contributed by atoms with Crippen molar-refractivity contribution in [3.05, 3.63) is 65.2 Å². The van der Waals surface area contributed by atoms with Gasteiger partial charge in [0.05, 0.1) is 7.11 Å². The first kappa shape index (κ1) is 15.7. The zero-order valence-corrected chi connectivity index (χ0v) is 14.6. The monoisotopic (exact) mass is 321 g/mol. The number of nitrogens with zero attached hydrogens (tertiary/aromatic N) is 1. The molecule has 1 saturated heterocycles. The Balaban J connectivity index is 1.52. The zero-order chi connectivity index (χ0) is 16.4. The molecule has 1 aliphatic carbocycles. The highest BCUT2D eigenvalue weighted by atomic mass is 16.5. The molecule has 1 aliphatic heterocycles. The van der Waals surface area contributed by atoms with Gasteiger partial charge in [0.25, 0.3) is 0 Å². The molecule has 2 atom stereocenters. The Morgan fingerprint density at radius 2 is 1.92 bits per heavy atom. The van der Waals surface area contributed by atoms with E-state index in [1.165, 1.54) is 43.5 Å². The summed E-state index contributed by atoms with van der Waals surface area (Å²) >= 11 is 0. The summed E-state index contributed by atoms with van der Waals surface area (Å²) in [4.78, 5) is 2.75. The maximum Gasteiger partial charge on any atom is 0.122 e. The van der Waals surface area contributed by atoms with Crippen molar-refractivity contribution in [2.45, 2.75) is 44.1 Å². The van der Waals surface area contributed by atoms with E-state index in [0.717, 1.165) is 18.6 Å². The summed E-state index contributed by atoms with van der Waals surface area (Å²) in [5, 5.41) is 0. The van der Waals surface area contributed by atoms with E-state index in [1.807, 2.05) is 0 Å². The summed E-state index contributed by atoms with van der Waals surface area (Å²) < 4.78 is 5.61. The van der Waals surface area contributed by atoms with Crippen molar-refractivity contribution in [1.29, 1.82) is 0 Å². The van der Waals surface area contributed by atoms with Crippen molar-refractivity contribution in [1.82, 2.24) is 4.90 Å². The molecule has 0 N–H and O–H groups in total. The van der Waals surface area contributed by atoms with Crippen molar-refractivity contribution < 1.29 is 4.74 Å². The van der Waals surface area contributed by atoms with Crippen molar-refractivity contribution in [2.24, 2.45) is 0 Å². The highest BCUT2D eigenvalue weighted by Crippen LogP contribution is 2.43. The van der Waals surface area contributed by atoms with Crippen LogP contribution < -0.4 is 4.74 Å². The molecule has 4 rings (SSSR count). The number of hydrogen-bond donors (Lipinski definition) is 0. The third kappa shape index (κ3) is 2.95. The highest BCUT2D eigenvalue weighted by Gasteiger charge is 2.36. The lowest BCUT2D eigenvalue weighted by Crippen LogP contribution is -2.47. The van der Waals surface area contributed by atoms with Crippen molar-refractivity contribution in [2.75, 3.05) is 20.2 Å². The zero-order valence-electron chi connectivity index (χ0n) is 14.6. The van der Waals surface area contributed by atoms with Crippen LogP contribution in [0.3, 0.4) is 0 Å². The van der Waals surface area contributed by atoms with E-state index in [-0.39, 0.29) is 0 Å². The Morgan fingerprint density at radius 3 is 2.75 bits per heavy atom. The van der Waals surface area contributed by atoms with Crippen LogP contribution in [0, 0.1) is 0 Å². The van der Waals surface area contributed by atoms with Gasteiger partial charge in [-0.15, -0.1) is 0 Å². The van der Waals surface area contributed by atoms with Crippen LogP contribution in [0.15, 0.2) is 48.5 Å². The van der Waals surface area contributed by atoms with Crippen LogP contribution in [0.4, 0.5) is 0 Å². The molecule has 0 unspecified atom stereocenters. The number of piperidine rings is 1. The summed E-state index contributed by atoms with van der Waals surface area (Å²) in [6.07, 6.45) is 6.23. The van der Waals surface area contributed by atoms with Crippen molar-refractivity contribution in [3.8, 4) is 5.75 Å². The third-order valence-corrected chi connectivity index (χ3v) is 5.90. The molecule has 2 aromatic carbocycles. The fourth-order valence-corrected chi connectivity index (χ4v) is 4.75. The minimum absolute atomic E-state index is 0.688. The fourth-order valence-electron chi connectivity index (χ4n) is 4.75. The van der Waals surface area contributed by atoms with Crippen molar-refractivity contribution in [3.63, 3.8) is 0 Å². The first-order valence-electron chi connectivity index (χ1n) is 9.30. The molecule has 0 spiro atoms. The van der Waals surface area contributed by atoms with Crippen LogP contribution in [0.2, 0.25) is 0 Å². The lowest BCUT2D eigenvalue weighted by atomic mass is 9.74. The Morgan fingerprint density at radius 1 is 1.04 bits per heavy atom. The maximum absolute atomic E-state index is 5.61. The second-order valence-electron chi connectivity index (χ2n) is 7.15. The maximum atomic E-state index is 5.61. The number of ether oxygens (including phenoxy) is 1. The predicted octanol–water partition coefficient (Wildman–Crippen LogP) is 4.43. The molecule has 2 aromatic rings. The van der Waals surface area contributed by atoms with Crippen LogP contribution in [-0.2, 0) is 12.8 Å². The van der Waals surface area contributed by atoms with Crippen LogP contribution in [0.1, 0.15) is 41.9 Å². The largest absolute Gasteiger partial charge is 0.496 e. The van der Waals surface area contributed by atoms with Gasteiger partial charge in [0.15, 0.2) is 0 Å². The molecule has 126 valence electrons. The number of benzene rings is 2. The summed E-state index contributed by atoms with van der Waals surface area (Å²) in [7, 11) is 1.80. The molecular formula is C22H27NO. The Bertz CT molecular complexity index is 682. The van der Waals surface area contributed by atoms with Crippen LogP contribution in [0.5, 0.6) is 5.75 Å². The lowest BCUT2D eigenvalue weighted by molar-refractivity contribution is 0.113. The van der Waals surface area contributed by atoms with Crippen LogP contribution in [0.25, 0.3) is 0 Å². The molecule has 2 nitrogen and oxygen atoms in total. The van der Waals surface area contributed by atoms with E-state index < -0.39 is 0 Å². The van der Waals surface area contributed by atoms with Crippen LogP contribution >= 0.6 is 0 Å². The minimum atomic E-state index is 0.688. The van der Waals surface area contributed by atoms with Gasteiger partial charge in [-0.1, -0.05) is 42.5 Å². The first-order chi connectivity index (χ1) is 11.9. The van der Waals surface area contributed by atoms with Gasteiger partial charge in [-0.3, -0.25) is 4.90 Å². The first-order valence-corrected chi connectivity index (χ1v) is 9.30. The number of likely N-dealkylation sites (tertiary alicyclic amines) is 1. The van der Waals surface area contributed by atoms with E-state index in [1.54, 1.807) is 12.7 Å². The van der Waals surface area contributed by atoms with E-state index in [2.05, 4.69) is 53.4 Å². The van der Waals surface area contributed by atoms with Crippen LogP contribution in [-0.4, -0.2) is 31.1 Å². The topological polar surface area (TPSA) is 12.5 Å². The van der Waals surface area contributed by atoms with E-state index in [0.29, 0.717) is 12.0 Å². The summed E-state index contributed by atoms with van der Waals surface area (Å²) in [6.45, 7) is 2.44. The normalized spacial score (nSPS) is 23.4. The number of methoxy groups -OCH3 is 1. The van der Waals surface area contributed by atoms with Gasteiger partial charge < -0.3 is 4.74 Å². The second kappa shape index (κ2) is 6.98. The van der Waals surface area contributed by atoms with E-state index in [9.17, 15) is 0 Å². The predicted molar refractivity (Wildman–Crippen MR) is 98.8 cm³/mol. The Kier molecular flexibility index (Phi) is 4.57. The van der Waals surface area contributed by atoms with E-state index >= 15 is 0 Å². The van der Waals surface area contributed by atoms with Gasteiger partial charge in [-0.2, -0.15) is 0 Å². The number of fused-ring (bicyclic) bond motifs is 3. The molecule has 24 heavy (non-hydrogen) atoms. The fraction of sp³-hybridized carbons (Fsp3) is 0.455. The molecule has 0 amide bonds. The average molecular weight is 321 g/mol. The third-order valence-electron chi connectivity index (χ3n) is 5.90. The second-order valence-corrected chi connectivity index (χ2v) is 7.15. The molecule has 0 bridgehead atoms. The number of rotatable bonds is 4. The smallest absolute Gasteiger partial charge is 0.122 e. The molecule has 1 heterocycles. The Labute approximate surface area is 145 Å². The lowest BCUT2D eigenvalue weighted by Gasteiger charge is -2.45. The molecule has 2 heteroatoms. The number of hydrogen-bond acceptors (Lipinski definition) is 2. The van der Waals surface area contributed by atoms with Gasteiger partial charge in [-0.05, 0) is 67.3 Å². The molecule has 0 radical (unpaired) electrons. The summed E-state index contributed by atoms with van der Waals surface area (Å²) in [5.74, 6) is 1.78. The van der Waals surface area contributed by atoms with Gasteiger partial charge in [0, 0.05) is 12.6 Å². The van der Waals surface area contributed by atoms with E-state index in [4.69, 9.17) is 4.74 Å². The standard InChI is InChI=1S/C22H27NO/c1-24-22-11-5-9-18-19-10-6-15-23(21(19)13-12-20(18)22)16-14-17-7-3-2-4-8-17/h2-5,7-9,11,19,21H,6,10,12-16H2,1H3/t19-,21-/m1/s1. The highest BCUT2D eigenvalue weighted by molar-refractivity contribution is 5.45. The van der Waals surface area contributed by atoms with Gasteiger partial charge in [0.1, 0.15) is 5.75 Å².